The minimum absolute atomic E-state index is 0.0113. The molecule has 2 aliphatic rings. The molecule has 2 aromatic carbocycles. The second-order valence-corrected chi connectivity index (χ2v) is 9.03. The summed E-state index contributed by atoms with van der Waals surface area (Å²) in [4.78, 5) is 42.0. The molecule has 2 heterocycles. The van der Waals surface area contributed by atoms with Crippen molar-refractivity contribution < 1.29 is 19.1 Å². The van der Waals surface area contributed by atoms with E-state index in [-0.39, 0.29) is 36.0 Å². The molecule has 0 radical (unpaired) electrons. The Balaban J connectivity index is 1.32. The third-order valence-corrected chi connectivity index (χ3v) is 6.61. The molecule has 2 saturated heterocycles. The molecule has 1 atom stereocenters. The van der Waals surface area contributed by atoms with Crippen molar-refractivity contribution >= 4 is 29.1 Å². The fourth-order valence-electron chi connectivity index (χ4n) is 4.62. The third-order valence-electron chi connectivity index (χ3n) is 6.61. The van der Waals surface area contributed by atoms with E-state index >= 15 is 0 Å². The Kier molecular flexibility index (Phi) is 6.67. The number of aryl methyl sites for hydroxylation is 2. The highest BCUT2D eigenvalue weighted by atomic mass is 16.5. The van der Waals surface area contributed by atoms with Gasteiger partial charge in [-0.1, -0.05) is 23.8 Å². The van der Waals surface area contributed by atoms with E-state index in [9.17, 15) is 14.4 Å². The zero-order chi connectivity index (χ0) is 23.5. The van der Waals surface area contributed by atoms with Gasteiger partial charge in [-0.15, -0.1) is 0 Å². The number of carbonyl (C=O) groups is 3. The summed E-state index contributed by atoms with van der Waals surface area (Å²) in [6, 6.07) is 13.5. The van der Waals surface area contributed by atoms with E-state index in [2.05, 4.69) is 5.32 Å². The molecule has 1 N–H and O–H groups in total. The van der Waals surface area contributed by atoms with Crippen molar-refractivity contribution in [2.45, 2.75) is 33.1 Å². The molecule has 4 rings (SSSR count). The molecule has 174 valence electrons. The van der Waals surface area contributed by atoms with Gasteiger partial charge in [0.05, 0.1) is 18.7 Å². The van der Waals surface area contributed by atoms with Gasteiger partial charge < -0.3 is 19.9 Å². The maximum Gasteiger partial charge on any atom is 0.228 e. The van der Waals surface area contributed by atoms with Crippen LogP contribution in [-0.4, -0.2) is 49.4 Å². The number of benzene rings is 2. The summed E-state index contributed by atoms with van der Waals surface area (Å²) < 4.78 is 5.35. The van der Waals surface area contributed by atoms with Crippen LogP contribution >= 0.6 is 0 Å². The Morgan fingerprint density at radius 1 is 0.970 bits per heavy atom. The highest BCUT2D eigenvalue weighted by Gasteiger charge is 2.38. The minimum atomic E-state index is -0.333. The lowest BCUT2D eigenvalue weighted by molar-refractivity contribution is -0.138. The third kappa shape index (κ3) is 5.02. The standard InChI is InChI=1S/C26H31N3O4/c1-17-4-7-21(8-5-17)29-16-20(15-24(29)30)26(32)28-12-10-19(11-13-28)25(31)27-22-14-18(2)6-9-23(22)33-3/h4-9,14,19-20H,10-13,15-16H2,1-3H3,(H,27,31). The Labute approximate surface area is 194 Å². The first-order valence-corrected chi connectivity index (χ1v) is 11.5. The Bertz CT molecular complexity index is 1040. The molecule has 3 amide bonds. The zero-order valence-electron chi connectivity index (χ0n) is 19.5. The van der Waals surface area contributed by atoms with Gasteiger partial charge in [0.15, 0.2) is 0 Å². The fourth-order valence-corrected chi connectivity index (χ4v) is 4.62. The van der Waals surface area contributed by atoms with E-state index in [0.717, 1.165) is 16.8 Å². The van der Waals surface area contributed by atoms with Gasteiger partial charge in [-0.05, 0) is 56.5 Å². The number of hydrogen-bond donors (Lipinski definition) is 1. The van der Waals surface area contributed by atoms with Crippen LogP contribution < -0.4 is 15.0 Å². The average Bonchev–Trinajstić information content (AvgIpc) is 3.21. The zero-order valence-corrected chi connectivity index (χ0v) is 19.5. The van der Waals surface area contributed by atoms with Crippen LogP contribution in [-0.2, 0) is 14.4 Å². The van der Waals surface area contributed by atoms with E-state index < -0.39 is 0 Å². The molecule has 0 aromatic heterocycles. The van der Waals surface area contributed by atoms with Crippen molar-refractivity contribution in [3.8, 4) is 5.75 Å². The topological polar surface area (TPSA) is 79.0 Å². The molecule has 1 unspecified atom stereocenters. The molecule has 2 fully saturated rings. The fraction of sp³-hybridized carbons (Fsp3) is 0.423. The molecular formula is C26H31N3O4. The van der Waals surface area contributed by atoms with E-state index in [1.807, 2.05) is 61.2 Å². The van der Waals surface area contributed by atoms with Crippen LogP contribution in [0.1, 0.15) is 30.4 Å². The second kappa shape index (κ2) is 9.65. The first-order valence-electron chi connectivity index (χ1n) is 11.5. The summed E-state index contributed by atoms with van der Waals surface area (Å²) in [5.74, 6) is 0.0863. The number of amides is 3. The predicted octanol–water partition coefficient (Wildman–Crippen LogP) is 3.54. The smallest absolute Gasteiger partial charge is 0.228 e. The van der Waals surface area contributed by atoms with Crippen molar-refractivity contribution in [1.82, 2.24) is 4.90 Å². The van der Waals surface area contributed by atoms with Crippen LogP contribution in [0.3, 0.4) is 0 Å². The first-order chi connectivity index (χ1) is 15.9. The minimum Gasteiger partial charge on any atom is -0.495 e. The number of ether oxygens (including phenoxy) is 1. The number of rotatable bonds is 5. The summed E-state index contributed by atoms with van der Waals surface area (Å²) in [5, 5.41) is 2.99. The SMILES string of the molecule is COc1ccc(C)cc1NC(=O)C1CCN(C(=O)C2CC(=O)N(c3ccc(C)cc3)C2)CC1. The van der Waals surface area contributed by atoms with Gasteiger partial charge in [0.1, 0.15) is 5.75 Å². The number of methoxy groups -OCH3 is 1. The largest absolute Gasteiger partial charge is 0.495 e. The van der Waals surface area contributed by atoms with E-state index in [4.69, 9.17) is 4.74 Å². The van der Waals surface area contributed by atoms with Crippen molar-refractivity contribution in [3.63, 3.8) is 0 Å². The number of hydrogen-bond acceptors (Lipinski definition) is 4. The summed E-state index contributed by atoms with van der Waals surface area (Å²) in [6.07, 6.45) is 1.45. The van der Waals surface area contributed by atoms with Crippen LogP contribution in [0.5, 0.6) is 5.75 Å². The molecule has 7 heteroatoms. The van der Waals surface area contributed by atoms with Crippen LogP contribution in [0.25, 0.3) is 0 Å². The van der Waals surface area contributed by atoms with Crippen LogP contribution in [0, 0.1) is 25.7 Å². The van der Waals surface area contributed by atoms with Crippen molar-refractivity contribution in [1.29, 1.82) is 0 Å². The van der Waals surface area contributed by atoms with E-state index in [0.29, 0.717) is 43.9 Å². The average molecular weight is 450 g/mol. The van der Waals surface area contributed by atoms with Crippen LogP contribution in [0.4, 0.5) is 11.4 Å². The maximum atomic E-state index is 13.1. The summed E-state index contributed by atoms with van der Waals surface area (Å²) in [7, 11) is 1.58. The Hall–Kier alpha value is -3.35. The molecular weight excluding hydrogens is 418 g/mol. The normalized spacial score (nSPS) is 19.0. The highest BCUT2D eigenvalue weighted by Crippen LogP contribution is 2.30. The molecule has 0 aliphatic carbocycles. The maximum absolute atomic E-state index is 13.1. The lowest BCUT2D eigenvalue weighted by Gasteiger charge is -2.33. The number of nitrogens with one attached hydrogen (secondary N) is 1. The quantitative estimate of drug-likeness (QED) is 0.757. The van der Waals surface area contributed by atoms with Gasteiger partial charge in [0, 0.05) is 37.7 Å². The first kappa shape index (κ1) is 22.8. The molecule has 7 nitrogen and oxygen atoms in total. The monoisotopic (exact) mass is 449 g/mol. The summed E-state index contributed by atoms with van der Waals surface area (Å²) in [5.41, 5.74) is 3.67. The van der Waals surface area contributed by atoms with Crippen LogP contribution in [0.15, 0.2) is 42.5 Å². The van der Waals surface area contributed by atoms with Gasteiger partial charge in [-0.3, -0.25) is 14.4 Å². The molecule has 0 spiro atoms. The van der Waals surface area contributed by atoms with Gasteiger partial charge in [0.25, 0.3) is 0 Å². The molecule has 0 saturated carbocycles. The molecule has 0 bridgehead atoms. The molecule has 2 aliphatic heterocycles. The predicted molar refractivity (Wildman–Crippen MR) is 127 cm³/mol. The van der Waals surface area contributed by atoms with Crippen molar-refractivity contribution in [2.24, 2.45) is 11.8 Å². The van der Waals surface area contributed by atoms with E-state index in [1.165, 1.54) is 0 Å². The van der Waals surface area contributed by atoms with Crippen LogP contribution in [0.2, 0.25) is 0 Å². The Morgan fingerprint density at radius 3 is 2.30 bits per heavy atom. The Morgan fingerprint density at radius 2 is 1.64 bits per heavy atom. The van der Waals surface area contributed by atoms with Gasteiger partial charge in [-0.25, -0.2) is 0 Å². The summed E-state index contributed by atoms with van der Waals surface area (Å²) >= 11 is 0. The van der Waals surface area contributed by atoms with Gasteiger partial charge >= 0.3 is 0 Å². The summed E-state index contributed by atoms with van der Waals surface area (Å²) in [6.45, 7) is 5.43. The number of nitrogens with zero attached hydrogens (tertiary/aromatic N) is 2. The van der Waals surface area contributed by atoms with Crippen molar-refractivity contribution in [3.05, 3.63) is 53.6 Å². The number of piperidine rings is 1. The lowest BCUT2D eigenvalue weighted by Crippen LogP contribution is -2.44. The van der Waals surface area contributed by atoms with E-state index in [1.54, 1.807) is 12.0 Å². The molecule has 2 aromatic rings. The lowest BCUT2D eigenvalue weighted by atomic mass is 9.94. The van der Waals surface area contributed by atoms with Crippen molar-refractivity contribution in [2.75, 3.05) is 37.0 Å². The molecule has 33 heavy (non-hydrogen) atoms. The second-order valence-electron chi connectivity index (χ2n) is 9.03. The van der Waals surface area contributed by atoms with Gasteiger partial charge in [0.2, 0.25) is 17.7 Å². The number of carbonyl (C=O) groups excluding carboxylic acids is 3. The van der Waals surface area contributed by atoms with Gasteiger partial charge in [-0.2, -0.15) is 0 Å². The number of anilines is 2. The number of likely N-dealkylation sites (tertiary alicyclic amines) is 1. The highest BCUT2D eigenvalue weighted by molar-refractivity contribution is 6.00.